The highest BCUT2D eigenvalue weighted by Gasteiger charge is 2.13. The third kappa shape index (κ3) is 2.83. The van der Waals surface area contributed by atoms with E-state index in [0.717, 1.165) is 0 Å². The Balaban J connectivity index is 0.000000371. The number of hydrogen-bond acceptors (Lipinski definition) is 1. The Labute approximate surface area is 63.6 Å². The monoisotopic (exact) mass is 139 g/mol. The lowest BCUT2D eigenvalue weighted by atomic mass is 9.96. The molecule has 1 aliphatic rings. The zero-order valence-electron chi connectivity index (χ0n) is 7.31. The molecule has 0 fully saturated rings. The van der Waals surface area contributed by atoms with Gasteiger partial charge in [0.1, 0.15) is 0 Å². The predicted octanol–water partition coefficient (Wildman–Crippen LogP) is 2.10. The number of nitrogens with two attached hydrogens (primary N) is 1. The molecule has 1 rings (SSSR count). The van der Waals surface area contributed by atoms with Gasteiger partial charge in [0.05, 0.1) is 0 Å². The van der Waals surface area contributed by atoms with Crippen LogP contribution in [0.5, 0.6) is 0 Å². The first kappa shape index (κ1) is 9.44. The van der Waals surface area contributed by atoms with Crippen LogP contribution in [0.1, 0.15) is 20.8 Å². The molecule has 0 aromatic carbocycles. The van der Waals surface area contributed by atoms with Crippen LogP contribution in [0, 0.1) is 5.41 Å². The molecule has 0 amide bonds. The van der Waals surface area contributed by atoms with Gasteiger partial charge in [-0.05, 0) is 14.0 Å². The Morgan fingerprint density at radius 1 is 1.30 bits per heavy atom. The molecule has 0 aromatic rings. The van der Waals surface area contributed by atoms with Crippen LogP contribution in [-0.4, -0.2) is 7.05 Å². The molecule has 0 spiro atoms. The molecule has 0 aliphatic heterocycles. The Kier molecular flexibility index (Phi) is 3.37. The standard InChI is InChI=1S/C8H12.CH5N/c1-7-4-5-8(2,3)6-7;1-2/h4-6H,1-3H3;2H2,1H3. The summed E-state index contributed by atoms with van der Waals surface area (Å²) in [6.07, 6.45) is 6.66. The van der Waals surface area contributed by atoms with Crippen LogP contribution < -0.4 is 5.73 Å². The van der Waals surface area contributed by atoms with Gasteiger partial charge in [0.15, 0.2) is 0 Å². The minimum Gasteiger partial charge on any atom is -0.333 e. The third-order valence-electron chi connectivity index (χ3n) is 1.38. The van der Waals surface area contributed by atoms with Gasteiger partial charge < -0.3 is 5.73 Å². The van der Waals surface area contributed by atoms with Crippen LogP contribution in [0.4, 0.5) is 0 Å². The highest BCUT2D eigenvalue weighted by molar-refractivity contribution is 5.30. The summed E-state index contributed by atoms with van der Waals surface area (Å²) in [7, 11) is 1.50. The van der Waals surface area contributed by atoms with E-state index >= 15 is 0 Å². The van der Waals surface area contributed by atoms with Crippen molar-refractivity contribution in [3.63, 3.8) is 0 Å². The highest BCUT2D eigenvalue weighted by Crippen LogP contribution is 2.27. The van der Waals surface area contributed by atoms with Gasteiger partial charge in [-0.2, -0.15) is 0 Å². The molecule has 58 valence electrons. The van der Waals surface area contributed by atoms with Crippen LogP contribution >= 0.6 is 0 Å². The van der Waals surface area contributed by atoms with Gasteiger partial charge in [0.25, 0.3) is 0 Å². The Hall–Kier alpha value is -0.560. The van der Waals surface area contributed by atoms with Crippen molar-refractivity contribution in [1.82, 2.24) is 0 Å². The maximum Gasteiger partial charge on any atom is 0.00133 e. The first-order valence-electron chi connectivity index (χ1n) is 3.57. The average Bonchev–Trinajstić information content (AvgIpc) is 2.15. The summed E-state index contributed by atoms with van der Waals surface area (Å²) < 4.78 is 0. The quantitative estimate of drug-likeness (QED) is 0.546. The lowest BCUT2D eigenvalue weighted by molar-refractivity contribution is 0.635. The lowest BCUT2D eigenvalue weighted by Crippen LogP contribution is -1.97. The van der Waals surface area contributed by atoms with Crippen LogP contribution in [0.15, 0.2) is 23.8 Å². The number of rotatable bonds is 0. The fourth-order valence-corrected chi connectivity index (χ4v) is 1.03. The van der Waals surface area contributed by atoms with E-state index in [9.17, 15) is 0 Å². The molecule has 0 saturated heterocycles. The molecule has 1 aliphatic carbocycles. The Bertz CT molecular complexity index is 152. The SMILES string of the molecule is CC1=CC(C)(C)C=C1.CN. The average molecular weight is 139 g/mol. The molecule has 0 bridgehead atoms. The van der Waals surface area contributed by atoms with Gasteiger partial charge in [-0.15, -0.1) is 0 Å². The van der Waals surface area contributed by atoms with E-state index in [0.29, 0.717) is 5.41 Å². The van der Waals surface area contributed by atoms with Gasteiger partial charge in [0.2, 0.25) is 0 Å². The van der Waals surface area contributed by atoms with E-state index in [1.165, 1.54) is 12.6 Å². The molecule has 1 heteroatoms. The molecular formula is C9H17N. The molecule has 10 heavy (non-hydrogen) atoms. The van der Waals surface area contributed by atoms with E-state index in [-0.39, 0.29) is 0 Å². The van der Waals surface area contributed by atoms with Gasteiger partial charge in [-0.1, -0.05) is 37.6 Å². The predicted molar refractivity (Wildman–Crippen MR) is 46.8 cm³/mol. The molecule has 0 unspecified atom stereocenters. The van der Waals surface area contributed by atoms with Crippen LogP contribution in [0.3, 0.4) is 0 Å². The topological polar surface area (TPSA) is 26.0 Å². The van der Waals surface area contributed by atoms with E-state index < -0.39 is 0 Å². The summed E-state index contributed by atoms with van der Waals surface area (Å²) >= 11 is 0. The number of hydrogen-bond donors (Lipinski definition) is 1. The lowest BCUT2D eigenvalue weighted by Gasteiger charge is -2.08. The fraction of sp³-hybridized carbons (Fsp3) is 0.556. The first-order chi connectivity index (χ1) is 4.60. The van der Waals surface area contributed by atoms with Gasteiger partial charge >= 0.3 is 0 Å². The summed E-state index contributed by atoms with van der Waals surface area (Å²) in [6, 6.07) is 0. The molecular weight excluding hydrogens is 122 g/mol. The fourth-order valence-electron chi connectivity index (χ4n) is 1.03. The van der Waals surface area contributed by atoms with Crippen molar-refractivity contribution in [3.8, 4) is 0 Å². The second kappa shape index (κ2) is 3.57. The summed E-state index contributed by atoms with van der Waals surface area (Å²) in [5.74, 6) is 0. The van der Waals surface area contributed by atoms with Crippen molar-refractivity contribution in [2.75, 3.05) is 7.05 Å². The molecule has 0 heterocycles. The van der Waals surface area contributed by atoms with Crippen LogP contribution in [0.2, 0.25) is 0 Å². The van der Waals surface area contributed by atoms with Crippen molar-refractivity contribution >= 4 is 0 Å². The van der Waals surface area contributed by atoms with Crippen molar-refractivity contribution < 1.29 is 0 Å². The number of allylic oxidation sites excluding steroid dienone is 4. The summed E-state index contributed by atoms with van der Waals surface area (Å²) in [6.45, 7) is 6.55. The van der Waals surface area contributed by atoms with E-state index in [1.54, 1.807) is 0 Å². The highest BCUT2D eigenvalue weighted by atomic mass is 14.4. The summed E-state index contributed by atoms with van der Waals surface area (Å²) in [4.78, 5) is 0. The van der Waals surface area contributed by atoms with Crippen molar-refractivity contribution in [3.05, 3.63) is 23.8 Å². The van der Waals surface area contributed by atoms with E-state index in [2.05, 4.69) is 44.7 Å². The minimum atomic E-state index is 0.323. The van der Waals surface area contributed by atoms with Crippen molar-refractivity contribution in [2.24, 2.45) is 11.1 Å². The molecule has 0 radical (unpaired) electrons. The van der Waals surface area contributed by atoms with Crippen LogP contribution in [-0.2, 0) is 0 Å². The second-order valence-corrected chi connectivity index (χ2v) is 3.04. The Morgan fingerprint density at radius 2 is 1.80 bits per heavy atom. The molecule has 0 saturated carbocycles. The first-order valence-corrected chi connectivity index (χ1v) is 3.57. The second-order valence-electron chi connectivity index (χ2n) is 3.04. The molecule has 0 aromatic heterocycles. The Morgan fingerprint density at radius 3 is 1.90 bits per heavy atom. The van der Waals surface area contributed by atoms with Gasteiger partial charge in [-0.25, -0.2) is 0 Å². The van der Waals surface area contributed by atoms with Gasteiger partial charge in [-0.3, -0.25) is 0 Å². The van der Waals surface area contributed by atoms with Gasteiger partial charge in [0, 0.05) is 5.41 Å². The smallest absolute Gasteiger partial charge is 0.00133 e. The molecule has 1 nitrogen and oxygen atoms in total. The molecule has 2 N–H and O–H groups in total. The maximum absolute atomic E-state index is 4.50. The minimum absolute atomic E-state index is 0.323. The summed E-state index contributed by atoms with van der Waals surface area (Å²) in [5, 5.41) is 0. The maximum atomic E-state index is 4.50. The van der Waals surface area contributed by atoms with E-state index in [4.69, 9.17) is 0 Å². The van der Waals surface area contributed by atoms with Crippen LogP contribution in [0.25, 0.3) is 0 Å². The van der Waals surface area contributed by atoms with Crippen molar-refractivity contribution in [1.29, 1.82) is 0 Å². The van der Waals surface area contributed by atoms with Crippen molar-refractivity contribution in [2.45, 2.75) is 20.8 Å². The van der Waals surface area contributed by atoms with E-state index in [1.807, 2.05) is 0 Å². The summed E-state index contributed by atoms with van der Waals surface area (Å²) in [5.41, 5.74) is 6.21. The zero-order valence-corrected chi connectivity index (χ0v) is 7.31. The zero-order chi connectivity index (χ0) is 8.20. The normalized spacial score (nSPS) is 19.5. The third-order valence-corrected chi connectivity index (χ3v) is 1.38. The molecule has 0 atom stereocenters. The largest absolute Gasteiger partial charge is 0.333 e.